The molecule has 0 spiro atoms. The molecule has 5 rings (SSSR count). The summed E-state index contributed by atoms with van der Waals surface area (Å²) in [6, 6.07) is 18.1. The number of ketones is 1. The number of hydrogen-bond acceptors (Lipinski definition) is 5. The van der Waals surface area contributed by atoms with Crippen molar-refractivity contribution in [2.24, 2.45) is 11.1 Å². The van der Waals surface area contributed by atoms with Crippen molar-refractivity contribution in [1.29, 1.82) is 5.26 Å². The second-order valence-electron chi connectivity index (χ2n) is 11.5. The lowest BCUT2D eigenvalue weighted by Crippen LogP contribution is -2.42. The van der Waals surface area contributed by atoms with E-state index in [-0.39, 0.29) is 22.8 Å². The second-order valence-corrected chi connectivity index (χ2v) is 12.8. The molecule has 1 aliphatic heterocycles. The summed E-state index contributed by atoms with van der Waals surface area (Å²) in [5.74, 6) is -0.359. The molecule has 2 aliphatic rings. The van der Waals surface area contributed by atoms with Crippen LogP contribution >= 0.6 is 27.5 Å². The lowest BCUT2D eigenvalue weighted by Gasteiger charge is -2.44. The number of carbonyl (C=O) groups excluding carboxylic acids is 1. The van der Waals surface area contributed by atoms with E-state index in [9.17, 15) is 14.4 Å². The number of nitrogens with two attached hydrogens (primary N) is 1. The zero-order chi connectivity index (χ0) is 29.6. The summed E-state index contributed by atoms with van der Waals surface area (Å²) < 4.78 is 20.4. The van der Waals surface area contributed by atoms with E-state index in [0.29, 0.717) is 35.6 Å². The van der Waals surface area contributed by atoms with Crippen molar-refractivity contribution in [3.63, 3.8) is 0 Å². The van der Waals surface area contributed by atoms with Crippen LogP contribution in [0.5, 0.6) is 5.75 Å². The largest absolute Gasteiger partial charge is 0.487 e. The molecule has 0 radical (unpaired) electrons. The minimum absolute atomic E-state index is 0.0123. The van der Waals surface area contributed by atoms with Crippen molar-refractivity contribution in [3.8, 4) is 11.8 Å². The van der Waals surface area contributed by atoms with E-state index in [2.05, 4.69) is 35.8 Å². The predicted octanol–water partition coefficient (Wildman–Crippen LogP) is 8.38. The first-order chi connectivity index (χ1) is 19.4. The van der Waals surface area contributed by atoms with Gasteiger partial charge in [-0.15, -0.1) is 0 Å². The minimum Gasteiger partial charge on any atom is -0.487 e. The van der Waals surface area contributed by atoms with Crippen LogP contribution < -0.4 is 15.4 Å². The first-order valence-electron chi connectivity index (χ1n) is 13.3. The Morgan fingerprint density at radius 1 is 1.17 bits per heavy atom. The number of carbonyl (C=O) groups is 1. The van der Waals surface area contributed by atoms with Gasteiger partial charge in [0.05, 0.1) is 22.6 Å². The SMILES string of the molecule is Cc1cc(COc2ccc(F)cc2Cl)c(C)c(C2C(C#N)=C(N)N(c3cccc(Br)c3)C3=C2C(=O)CC(C)(C)C3)c1. The number of rotatable bonds is 5. The third-order valence-electron chi connectivity index (χ3n) is 7.74. The maximum Gasteiger partial charge on any atom is 0.162 e. The first-order valence-corrected chi connectivity index (χ1v) is 14.5. The van der Waals surface area contributed by atoms with E-state index in [1.165, 1.54) is 18.2 Å². The number of nitriles is 1. The molecular weight excluding hydrogens is 605 g/mol. The summed E-state index contributed by atoms with van der Waals surface area (Å²) in [4.78, 5) is 15.8. The first kappa shape index (κ1) is 28.9. The molecule has 0 aromatic heterocycles. The summed E-state index contributed by atoms with van der Waals surface area (Å²) in [7, 11) is 0. The lowest BCUT2D eigenvalue weighted by molar-refractivity contribution is -0.118. The number of halogens is 3. The highest BCUT2D eigenvalue weighted by molar-refractivity contribution is 9.10. The van der Waals surface area contributed by atoms with E-state index < -0.39 is 11.7 Å². The Morgan fingerprint density at radius 3 is 2.61 bits per heavy atom. The Balaban J connectivity index is 1.67. The molecule has 0 bridgehead atoms. The molecule has 3 aromatic carbocycles. The summed E-state index contributed by atoms with van der Waals surface area (Å²) in [6.07, 6.45) is 0.998. The maximum absolute atomic E-state index is 14.0. The van der Waals surface area contributed by atoms with E-state index in [1.807, 2.05) is 55.1 Å². The molecule has 2 N–H and O–H groups in total. The van der Waals surface area contributed by atoms with Crippen molar-refractivity contribution in [3.05, 3.63) is 115 Å². The topological polar surface area (TPSA) is 79.3 Å². The highest BCUT2D eigenvalue weighted by atomic mass is 79.9. The number of benzene rings is 3. The molecule has 1 heterocycles. The van der Waals surface area contributed by atoms with Gasteiger partial charge >= 0.3 is 0 Å². The number of ether oxygens (including phenoxy) is 1. The van der Waals surface area contributed by atoms with Gasteiger partial charge in [0, 0.05) is 27.9 Å². The fourth-order valence-electron chi connectivity index (χ4n) is 5.89. The lowest BCUT2D eigenvalue weighted by atomic mass is 9.68. The van der Waals surface area contributed by atoms with Crippen LogP contribution in [0.25, 0.3) is 0 Å². The Labute approximate surface area is 253 Å². The van der Waals surface area contributed by atoms with Gasteiger partial charge in [0.2, 0.25) is 0 Å². The van der Waals surface area contributed by atoms with Crippen LogP contribution in [0.3, 0.4) is 0 Å². The molecule has 0 saturated carbocycles. The summed E-state index contributed by atoms with van der Waals surface area (Å²) >= 11 is 9.74. The van der Waals surface area contributed by atoms with Gasteiger partial charge in [-0.2, -0.15) is 5.26 Å². The maximum atomic E-state index is 14.0. The van der Waals surface area contributed by atoms with Crippen LogP contribution in [0.2, 0.25) is 5.02 Å². The van der Waals surface area contributed by atoms with E-state index in [0.717, 1.165) is 38.1 Å². The molecule has 1 unspecified atom stereocenters. The second kappa shape index (κ2) is 11.0. The van der Waals surface area contributed by atoms with Crippen molar-refractivity contribution in [2.75, 3.05) is 4.90 Å². The van der Waals surface area contributed by atoms with Crippen molar-refractivity contribution in [1.82, 2.24) is 0 Å². The van der Waals surface area contributed by atoms with Crippen LogP contribution in [0.4, 0.5) is 10.1 Å². The van der Waals surface area contributed by atoms with Gasteiger partial charge in [-0.25, -0.2) is 4.39 Å². The smallest absolute Gasteiger partial charge is 0.162 e. The third-order valence-corrected chi connectivity index (χ3v) is 8.52. The number of allylic oxidation sites excluding steroid dienone is 3. The molecule has 0 fully saturated rings. The van der Waals surface area contributed by atoms with Gasteiger partial charge in [-0.05, 0) is 78.8 Å². The summed E-state index contributed by atoms with van der Waals surface area (Å²) in [5.41, 5.74) is 12.6. The quantitative estimate of drug-likeness (QED) is 0.305. The molecule has 1 aliphatic carbocycles. The molecule has 5 nitrogen and oxygen atoms in total. The predicted molar refractivity (Wildman–Crippen MR) is 163 cm³/mol. The van der Waals surface area contributed by atoms with Gasteiger partial charge in [0.25, 0.3) is 0 Å². The average Bonchev–Trinajstić information content (AvgIpc) is 2.88. The highest BCUT2D eigenvalue weighted by Crippen LogP contribution is 2.51. The van der Waals surface area contributed by atoms with Crippen LogP contribution in [0, 0.1) is 36.4 Å². The van der Waals surface area contributed by atoms with Crippen LogP contribution in [0.1, 0.15) is 54.9 Å². The molecular formula is C33H30BrClFN3O2. The molecule has 3 aromatic rings. The number of aryl methyl sites for hydroxylation is 1. The zero-order valence-electron chi connectivity index (χ0n) is 23.3. The Kier molecular flexibility index (Phi) is 7.76. The Bertz CT molecular complexity index is 1690. The highest BCUT2D eigenvalue weighted by Gasteiger charge is 2.45. The van der Waals surface area contributed by atoms with E-state index >= 15 is 0 Å². The van der Waals surface area contributed by atoms with Crippen molar-refractivity contribution in [2.45, 2.75) is 53.1 Å². The molecule has 41 heavy (non-hydrogen) atoms. The average molecular weight is 635 g/mol. The normalized spacial score (nSPS) is 18.3. The van der Waals surface area contributed by atoms with Gasteiger partial charge in [0.15, 0.2) is 5.78 Å². The van der Waals surface area contributed by atoms with Crippen LogP contribution in [0.15, 0.2) is 81.7 Å². The zero-order valence-corrected chi connectivity index (χ0v) is 25.7. The molecule has 210 valence electrons. The number of anilines is 1. The van der Waals surface area contributed by atoms with Crippen molar-refractivity contribution >= 4 is 39.0 Å². The standard InChI is InChI=1S/C33H30BrClFN3O2/c1-18-10-20(17-41-29-9-8-22(36)13-26(29)35)19(2)24(11-18)30-25(16-37)32(38)39(23-7-5-6-21(34)12-23)27-14-33(3,4)15-28(40)31(27)30/h5-13,30H,14-15,17,38H2,1-4H3. The van der Waals surface area contributed by atoms with Gasteiger partial charge in [-0.1, -0.05) is 65.1 Å². The molecule has 8 heteroatoms. The number of hydrogen-bond donors (Lipinski definition) is 1. The molecule has 0 amide bonds. The monoisotopic (exact) mass is 633 g/mol. The summed E-state index contributed by atoms with van der Waals surface area (Å²) in [6.45, 7) is 8.26. The van der Waals surface area contributed by atoms with Crippen LogP contribution in [-0.4, -0.2) is 5.78 Å². The van der Waals surface area contributed by atoms with Gasteiger partial charge in [0.1, 0.15) is 24.0 Å². The number of nitrogens with zero attached hydrogens (tertiary/aromatic N) is 2. The van der Waals surface area contributed by atoms with Gasteiger partial charge in [-0.3, -0.25) is 9.69 Å². The molecule has 0 saturated heterocycles. The number of Topliss-reactive ketones (excluding diaryl/α,β-unsaturated/α-hetero) is 1. The van der Waals surface area contributed by atoms with Gasteiger partial charge < -0.3 is 10.5 Å². The Hall–Kier alpha value is -3.60. The van der Waals surface area contributed by atoms with E-state index in [4.69, 9.17) is 22.1 Å². The van der Waals surface area contributed by atoms with E-state index in [1.54, 1.807) is 0 Å². The molecule has 1 atom stereocenters. The van der Waals surface area contributed by atoms with Crippen LogP contribution in [-0.2, 0) is 11.4 Å². The fraction of sp³-hybridized carbons (Fsp3) is 0.273. The summed E-state index contributed by atoms with van der Waals surface area (Å²) in [5, 5.41) is 10.7. The third kappa shape index (κ3) is 5.51. The Morgan fingerprint density at radius 2 is 1.93 bits per heavy atom. The minimum atomic E-state index is -0.616. The van der Waals surface area contributed by atoms with Crippen molar-refractivity contribution < 1.29 is 13.9 Å². The fourth-order valence-corrected chi connectivity index (χ4v) is 6.50.